The lowest BCUT2D eigenvalue weighted by Gasteiger charge is -2.38. The van der Waals surface area contributed by atoms with Crippen LogP contribution in [0.4, 0.5) is 8.78 Å². The number of hydrogen-bond donors (Lipinski definition) is 2. The summed E-state index contributed by atoms with van der Waals surface area (Å²) in [4.78, 5) is 14.4. The molecule has 0 aliphatic carbocycles. The molecule has 1 heterocycles. The zero-order valence-electron chi connectivity index (χ0n) is 15.8. The van der Waals surface area contributed by atoms with Crippen LogP contribution in [0.1, 0.15) is 30.4 Å². The van der Waals surface area contributed by atoms with E-state index in [1.54, 1.807) is 4.90 Å². The maximum absolute atomic E-state index is 13.7. The molecule has 1 saturated heterocycles. The van der Waals surface area contributed by atoms with Crippen molar-refractivity contribution < 1.29 is 18.7 Å². The van der Waals surface area contributed by atoms with Crippen molar-refractivity contribution in [3.63, 3.8) is 0 Å². The summed E-state index contributed by atoms with van der Waals surface area (Å²) in [5.41, 5.74) is -0.405. The fraction of sp³-hybridized carbons (Fsp3) is 0.409. The lowest BCUT2D eigenvalue weighted by atomic mass is 9.91. The topological polar surface area (TPSA) is 52.6 Å². The van der Waals surface area contributed by atoms with Gasteiger partial charge in [-0.3, -0.25) is 4.79 Å². The van der Waals surface area contributed by atoms with Gasteiger partial charge in [-0.1, -0.05) is 36.4 Å². The van der Waals surface area contributed by atoms with E-state index in [2.05, 4.69) is 17.4 Å². The molecule has 1 amide bonds. The van der Waals surface area contributed by atoms with Crippen molar-refractivity contribution in [3.05, 3.63) is 71.3 Å². The number of nitrogens with one attached hydrogen (secondary N) is 1. The SMILES string of the molecule is O=C1N(CCCc2ccccc2)CCC[C@@]1(O)CNCc1c(F)cccc1F. The Morgan fingerprint density at radius 1 is 1.07 bits per heavy atom. The van der Waals surface area contributed by atoms with E-state index in [-0.39, 0.29) is 24.6 Å². The normalized spacial score (nSPS) is 19.8. The minimum atomic E-state index is -1.53. The molecule has 150 valence electrons. The number of aliphatic hydroxyl groups is 1. The van der Waals surface area contributed by atoms with Gasteiger partial charge in [-0.05, 0) is 43.4 Å². The first-order valence-corrected chi connectivity index (χ1v) is 9.69. The molecule has 0 aromatic heterocycles. The molecule has 28 heavy (non-hydrogen) atoms. The maximum Gasteiger partial charge on any atom is 0.255 e. The average Bonchev–Trinajstić information content (AvgIpc) is 2.68. The van der Waals surface area contributed by atoms with Crippen molar-refractivity contribution in [2.45, 2.75) is 37.8 Å². The summed E-state index contributed by atoms with van der Waals surface area (Å²) < 4.78 is 27.4. The number of carbonyl (C=O) groups excluding carboxylic acids is 1. The zero-order valence-corrected chi connectivity index (χ0v) is 15.8. The predicted octanol–water partition coefficient (Wildman–Crippen LogP) is 3.04. The predicted molar refractivity (Wildman–Crippen MR) is 104 cm³/mol. The summed E-state index contributed by atoms with van der Waals surface area (Å²) >= 11 is 0. The molecule has 0 unspecified atom stereocenters. The van der Waals surface area contributed by atoms with Crippen LogP contribution in [-0.4, -0.2) is 41.1 Å². The fourth-order valence-corrected chi connectivity index (χ4v) is 3.66. The lowest BCUT2D eigenvalue weighted by Crippen LogP contribution is -2.58. The van der Waals surface area contributed by atoms with E-state index in [0.29, 0.717) is 25.9 Å². The molecule has 0 saturated carbocycles. The Morgan fingerprint density at radius 3 is 2.50 bits per heavy atom. The molecule has 0 spiro atoms. The number of likely N-dealkylation sites (tertiary alicyclic amines) is 1. The molecular weight excluding hydrogens is 362 g/mol. The Labute approximate surface area is 164 Å². The largest absolute Gasteiger partial charge is 0.379 e. The molecule has 3 rings (SSSR count). The Bertz CT molecular complexity index is 780. The summed E-state index contributed by atoms with van der Waals surface area (Å²) in [7, 11) is 0. The van der Waals surface area contributed by atoms with Gasteiger partial charge in [0.05, 0.1) is 0 Å². The van der Waals surface area contributed by atoms with Crippen molar-refractivity contribution in [2.24, 2.45) is 0 Å². The summed E-state index contributed by atoms with van der Waals surface area (Å²) in [5, 5.41) is 13.7. The van der Waals surface area contributed by atoms with Crippen LogP contribution in [-0.2, 0) is 17.8 Å². The third-order valence-corrected chi connectivity index (χ3v) is 5.22. The van der Waals surface area contributed by atoms with E-state index >= 15 is 0 Å². The van der Waals surface area contributed by atoms with Gasteiger partial charge in [-0.15, -0.1) is 0 Å². The minimum absolute atomic E-state index is 0.0329. The third kappa shape index (κ3) is 4.94. The number of rotatable bonds is 8. The van der Waals surface area contributed by atoms with Crippen LogP contribution in [0.15, 0.2) is 48.5 Å². The first kappa shape index (κ1) is 20.4. The fourth-order valence-electron chi connectivity index (χ4n) is 3.66. The number of piperidine rings is 1. The molecule has 1 aliphatic rings. The number of nitrogens with zero attached hydrogens (tertiary/aromatic N) is 1. The van der Waals surface area contributed by atoms with Gasteiger partial charge < -0.3 is 15.3 Å². The van der Waals surface area contributed by atoms with Crippen LogP contribution in [0.5, 0.6) is 0 Å². The van der Waals surface area contributed by atoms with Crippen LogP contribution in [0.3, 0.4) is 0 Å². The number of hydrogen-bond acceptors (Lipinski definition) is 3. The smallest absolute Gasteiger partial charge is 0.255 e. The second kappa shape index (κ2) is 9.26. The second-order valence-corrected chi connectivity index (χ2v) is 7.32. The molecule has 1 aliphatic heterocycles. The van der Waals surface area contributed by atoms with E-state index in [4.69, 9.17) is 0 Å². The Morgan fingerprint density at radius 2 is 1.79 bits per heavy atom. The van der Waals surface area contributed by atoms with Gasteiger partial charge in [-0.25, -0.2) is 8.78 Å². The van der Waals surface area contributed by atoms with Crippen molar-refractivity contribution >= 4 is 5.91 Å². The van der Waals surface area contributed by atoms with Gasteiger partial charge in [-0.2, -0.15) is 0 Å². The minimum Gasteiger partial charge on any atom is -0.379 e. The molecule has 2 N–H and O–H groups in total. The van der Waals surface area contributed by atoms with Crippen LogP contribution in [0, 0.1) is 11.6 Å². The van der Waals surface area contributed by atoms with Gasteiger partial charge in [0.25, 0.3) is 5.91 Å². The number of benzene rings is 2. The Hall–Kier alpha value is -2.31. The molecule has 0 radical (unpaired) electrons. The molecular formula is C22H26F2N2O2. The highest BCUT2D eigenvalue weighted by atomic mass is 19.1. The maximum atomic E-state index is 13.7. The number of aryl methyl sites for hydroxylation is 1. The molecule has 4 nitrogen and oxygen atoms in total. The average molecular weight is 388 g/mol. The number of carbonyl (C=O) groups is 1. The van der Waals surface area contributed by atoms with Crippen LogP contribution in [0.25, 0.3) is 0 Å². The summed E-state index contributed by atoms with van der Waals surface area (Å²) in [6.45, 7) is 1.09. The quantitative estimate of drug-likeness (QED) is 0.731. The van der Waals surface area contributed by atoms with Crippen molar-refractivity contribution in [3.8, 4) is 0 Å². The van der Waals surface area contributed by atoms with Crippen LogP contribution < -0.4 is 5.32 Å². The van der Waals surface area contributed by atoms with Crippen LogP contribution in [0.2, 0.25) is 0 Å². The van der Waals surface area contributed by atoms with E-state index in [9.17, 15) is 18.7 Å². The monoisotopic (exact) mass is 388 g/mol. The van der Waals surface area contributed by atoms with Crippen molar-refractivity contribution in [2.75, 3.05) is 19.6 Å². The highest BCUT2D eigenvalue weighted by Gasteiger charge is 2.41. The Kier molecular flexibility index (Phi) is 6.75. The summed E-state index contributed by atoms with van der Waals surface area (Å²) in [5.74, 6) is -1.60. The number of halogens is 2. The lowest BCUT2D eigenvalue weighted by molar-refractivity contribution is -0.156. The van der Waals surface area contributed by atoms with E-state index in [1.165, 1.54) is 23.8 Å². The molecule has 2 aromatic carbocycles. The molecule has 2 aromatic rings. The molecule has 6 heteroatoms. The zero-order chi connectivity index (χ0) is 20.0. The summed E-state index contributed by atoms with van der Waals surface area (Å²) in [6, 6.07) is 13.7. The third-order valence-electron chi connectivity index (χ3n) is 5.22. The van der Waals surface area contributed by atoms with Crippen molar-refractivity contribution in [1.29, 1.82) is 0 Å². The van der Waals surface area contributed by atoms with Crippen molar-refractivity contribution in [1.82, 2.24) is 10.2 Å². The van der Waals surface area contributed by atoms with Gasteiger partial charge in [0.1, 0.15) is 11.6 Å². The van der Waals surface area contributed by atoms with Gasteiger partial charge in [0.2, 0.25) is 0 Å². The van der Waals surface area contributed by atoms with Crippen LogP contribution >= 0.6 is 0 Å². The Balaban J connectivity index is 1.51. The standard InChI is InChI=1S/C22H26F2N2O2/c23-19-10-4-11-20(24)18(19)15-25-16-22(28)12-6-14-26(21(22)27)13-5-9-17-7-2-1-3-8-17/h1-4,7-8,10-11,25,28H,5-6,9,12-16H2/t22-/m1/s1. The first-order chi connectivity index (χ1) is 13.5. The van der Waals surface area contributed by atoms with Gasteiger partial charge >= 0.3 is 0 Å². The molecule has 0 bridgehead atoms. The second-order valence-electron chi connectivity index (χ2n) is 7.32. The van der Waals surface area contributed by atoms with Gasteiger partial charge in [0.15, 0.2) is 5.60 Å². The van der Waals surface area contributed by atoms with E-state index < -0.39 is 17.2 Å². The highest BCUT2D eigenvalue weighted by molar-refractivity contribution is 5.86. The highest BCUT2D eigenvalue weighted by Crippen LogP contribution is 2.23. The number of amides is 1. The molecule has 1 atom stereocenters. The van der Waals surface area contributed by atoms with E-state index in [0.717, 1.165) is 12.8 Å². The molecule has 1 fully saturated rings. The first-order valence-electron chi connectivity index (χ1n) is 9.69. The summed E-state index contributed by atoms with van der Waals surface area (Å²) in [6.07, 6.45) is 2.73. The van der Waals surface area contributed by atoms with Gasteiger partial charge in [0, 0.05) is 31.7 Å². The van der Waals surface area contributed by atoms with E-state index in [1.807, 2.05) is 18.2 Å².